The van der Waals surface area contributed by atoms with Gasteiger partial charge in [0.15, 0.2) is 11.5 Å². The van der Waals surface area contributed by atoms with Crippen molar-refractivity contribution in [2.45, 2.75) is 44.6 Å². The van der Waals surface area contributed by atoms with Crippen molar-refractivity contribution in [3.63, 3.8) is 0 Å². The first-order valence-corrected chi connectivity index (χ1v) is 9.04. The van der Waals surface area contributed by atoms with Gasteiger partial charge in [0.2, 0.25) is 0 Å². The van der Waals surface area contributed by atoms with E-state index in [1.165, 1.54) is 21.8 Å². The van der Waals surface area contributed by atoms with Crippen LogP contribution >= 0.6 is 11.9 Å². The number of benzene rings is 2. The number of hydrogen-bond donors (Lipinski definition) is 0. The van der Waals surface area contributed by atoms with Gasteiger partial charge in [-0.1, -0.05) is 29.8 Å². The minimum Gasteiger partial charge on any atom is -0.483 e. The van der Waals surface area contributed by atoms with E-state index in [4.69, 9.17) is 9.47 Å². The molecule has 3 rings (SSSR count). The van der Waals surface area contributed by atoms with Gasteiger partial charge in [-0.25, -0.2) is 9.10 Å². The summed E-state index contributed by atoms with van der Waals surface area (Å²) in [6, 6.07) is 11.8. The number of hydrogen-bond acceptors (Lipinski definition) is 4. The van der Waals surface area contributed by atoms with Gasteiger partial charge in [0.05, 0.1) is 0 Å². The van der Waals surface area contributed by atoms with Crippen LogP contribution in [0.15, 0.2) is 41.3 Å². The van der Waals surface area contributed by atoms with Gasteiger partial charge >= 0.3 is 6.09 Å². The molecule has 1 aliphatic heterocycles. The van der Waals surface area contributed by atoms with E-state index in [0.717, 1.165) is 22.4 Å². The lowest BCUT2D eigenvalue weighted by molar-refractivity contribution is 0.132. The molecule has 0 bridgehead atoms. The van der Waals surface area contributed by atoms with Crippen LogP contribution in [0.25, 0.3) is 0 Å². The summed E-state index contributed by atoms with van der Waals surface area (Å²) in [5.74, 6) is 1.15. The van der Waals surface area contributed by atoms with Crippen LogP contribution in [0.4, 0.5) is 4.79 Å². The Hall–Kier alpha value is -2.14. The van der Waals surface area contributed by atoms with Crippen LogP contribution < -0.4 is 9.47 Å². The standard InChI is InChI=1S/C20H23NO3S/c1-13-9-10-17(14(2)11-13)25-21(5)19(22)23-16-8-6-7-15-12-20(3,4)24-18(15)16/h6-11H,12H2,1-5H3. The van der Waals surface area contributed by atoms with E-state index in [1.807, 2.05) is 45.0 Å². The van der Waals surface area contributed by atoms with Crippen molar-refractivity contribution in [2.75, 3.05) is 7.05 Å². The van der Waals surface area contributed by atoms with Crippen LogP contribution in [-0.4, -0.2) is 23.0 Å². The van der Waals surface area contributed by atoms with E-state index in [9.17, 15) is 4.79 Å². The molecule has 0 spiro atoms. The Morgan fingerprint density at radius 2 is 2.00 bits per heavy atom. The van der Waals surface area contributed by atoms with E-state index in [1.54, 1.807) is 13.1 Å². The maximum atomic E-state index is 12.5. The first-order chi connectivity index (χ1) is 11.7. The Balaban J connectivity index is 1.72. The van der Waals surface area contributed by atoms with Crippen molar-refractivity contribution < 1.29 is 14.3 Å². The molecule has 0 radical (unpaired) electrons. The number of ether oxygens (including phenoxy) is 2. The molecule has 0 N–H and O–H groups in total. The SMILES string of the molecule is Cc1ccc(SN(C)C(=O)Oc2cccc3c2OC(C)(C)C3)c(C)c1. The zero-order valence-electron chi connectivity index (χ0n) is 15.3. The number of rotatable bonds is 3. The molecule has 132 valence electrons. The summed E-state index contributed by atoms with van der Waals surface area (Å²) >= 11 is 1.36. The van der Waals surface area contributed by atoms with E-state index >= 15 is 0 Å². The third kappa shape index (κ3) is 3.93. The third-order valence-electron chi connectivity index (χ3n) is 4.08. The zero-order chi connectivity index (χ0) is 18.2. The molecular formula is C20H23NO3S. The fourth-order valence-electron chi connectivity index (χ4n) is 2.91. The molecule has 4 nitrogen and oxygen atoms in total. The van der Waals surface area contributed by atoms with Crippen LogP contribution in [0, 0.1) is 13.8 Å². The molecule has 0 saturated carbocycles. The van der Waals surface area contributed by atoms with Gasteiger partial charge in [0.25, 0.3) is 0 Å². The zero-order valence-corrected chi connectivity index (χ0v) is 16.1. The molecule has 1 aliphatic rings. The Morgan fingerprint density at radius 1 is 1.24 bits per heavy atom. The minimum absolute atomic E-state index is 0.273. The number of amides is 1. The fraction of sp³-hybridized carbons (Fsp3) is 0.350. The molecule has 2 aromatic carbocycles. The van der Waals surface area contributed by atoms with Crippen LogP contribution in [0.1, 0.15) is 30.5 Å². The van der Waals surface area contributed by atoms with Crippen molar-refractivity contribution in [3.8, 4) is 11.5 Å². The number of carbonyl (C=O) groups excluding carboxylic acids is 1. The average molecular weight is 357 g/mol. The topological polar surface area (TPSA) is 38.8 Å². The second kappa shape index (κ2) is 6.64. The molecule has 5 heteroatoms. The highest BCUT2D eigenvalue weighted by molar-refractivity contribution is 7.97. The Bertz CT molecular complexity index is 817. The first kappa shape index (κ1) is 17.7. The number of aryl methyl sites for hydroxylation is 2. The summed E-state index contributed by atoms with van der Waals surface area (Å²) < 4.78 is 13.0. The summed E-state index contributed by atoms with van der Waals surface area (Å²) in [6.45, 7) is 8.15. The second-order valence-corrected chi connectivity index (χ2v) is 8.18. The van der Waals surface area contributed by atoms with Crippen LogP contribution in [0.2, 0.25) is 0 Å². The van der Waals surface area contributed by atoms with Crippen LogP contribution in [0.5, 0.6) is 11.5 Å². The molecule has 0 aromatic heterocycles. The highest BCUT2D eigenvalue weighted by Crippen LogP contribution is 2.42. The summed E-state index contributed by atoms with van der Waals surface area (Å²) in [6.07, 6.45) is 0.382. The molecule has 0 unspecified atom stereocenters. The fourth-order valence-corrected chi connectivity index (χ4v) is 3.65. The van der Waals surface area contributed by atoms with Crippen molar-refractivity contribution in [2.24, 2.45) is 0 Å². The Labute approximate surface area is 153 Å². The maximum absolute atomic E-state index is 12.5. The van der Waals surface area contributed by atoms with Crippen molar-refractivity contribution >= 4 is 18.0 Å². The lowest BCUT2D eigenvalue weighted by atomic mass is 10.0. The summed E-state index contributed by atoms with van der Waals surface area (Å²) in [7, 11) is 1.71. The summed E-state index contributed by atoms with van der Waals surface area (Å²) in [5, 5.41) is 0. The van der Waals surface area contributed by atoms with E-state index in [2.05, 4.69) is 13.0 Å². The number of carbonyl (C=O) groups is 1. The molecule has 0 atom stereocenters. The maximum Gasteiger partial charge on any atom is 0.425 e. The van der Waals surface area contributed by atoms with Crippen LogP contribution in [0.3, 0.4) is 0 Å². The molecule has 1 amide bonds. The van der Waals surface area contributed by atoms with Crippen molar-refractivity contribution in [1.82, 2.24) is 4.31 Å². The molecule has 25 heavy (non-hydrogen) atoms. The minimum atomic E-state index is -0.424. The summed E-state index contributed by atoms with van der Waals surface area (Å²) in [5.41, 5.74) is 3.13. The largest absolute Gasteiger partial charge is 0.483 e. The average Bonchev–Trinajstić information content (AvgIpc) is 2.85. The van der Waals surface area contributed by atoms with Gasteiger partial charge in [-0.05, 0) is 57.3 Å². The molecular weight excluding hydrogens is 334 g/mol. The van der Waals surface area contributed by atoms with Gasteiger partial charge in [0, 0.05) is 23.9 Å². The van der Waals surface area contributed by atoms with E-state index < -0.39 is 6.09 Å². The van der Waals surface area contributed by atoms with E-state index in [-0.39, 0.29) is 5.60 Å². The van der Waals surface area contributed by atoms with Crippen molar-refractivity contribution in [3.05, 3.63) is 53.1 Å². The predicted octanol–water partition coefficient (Wildman–Crippen LogP) is 5.15. The number of nitrogens with zero attached hydrogens (tertiary/aromatic N) is 1. The highest BCUT2D eigenvalue weighted by Gasteiger charge is 2.33. The van der Waals surface area contributed by atoms with Gasteiger partial charge in [0.1, 0.15) is 5.60 Å². The van der Waals surface area contributed by atoms with Gasteiger partial charge < -0.3 is 9.47 Å². The summed E-state index contributed by atoms with van der Waals surface area (Å²) in [4.78, 5) is 13.5. The number of fused-ring (bicyclic) bond motifs is 1. The molecule has 1 heterocycles. The normalized spacial score (nSPS) is 14.6. The third-order valence-corrected chi connectivity index (χ3v) is 5.15. The molecule has 2 aromatic rings. The quantitative estimate of drug-likeness (QED) is 0.712. The molecule has 0 fully saturated rings. The lowest BCUT2D eigenvalue weighted by Gasteiger charge is -2.19. The Kier molecular flexibility index (Phi) is 4.69. The first-order valence-electron chi connectivity index (χ1n) is 8.27. The van der Waals surface area contributed by atoms with Gasteiger partial charge in [-0.2, -0.15) is 0 Å². The van der Waals surface area contributed by atoms with Crippen LogP contribution in [-0.2, 0) is 6.42 Å². The number of para-hydroxylation sites is 1. The smallest absolute Gasteiger partial charge is 0.425 e. The lowest BCUT2D eigenvalue weighted by Crippen LogP contribution is -2.25. The van der Waals surface area contributed by atoms with Gasteiger partial charge in [-0.3, -0.25) is 0 Å². The predicted molar refractivity (Wildman–Crippen MR) is 100 cm³/mol. The van der Waals surface area contributed by atoms with Gasteiger partial charge in [-0.15, -0.1) is 0 Å². The second-order valence-electron chi connectivity index (χ2n) is 7.01. The molecule has 0 aliphatic carbocycles. The monoisotopic (exact) mass is 357 g/mol. The highest BCUT2D eigenvalue weighted by atomic mass is 32.2. The van der Waals surface area contributed by atoms with E-state index in [0.29, 0.717) is 11.5 Å². The Morgan fingerprint density at radius 3 is 2.72 bits per heavy atom. The van der Waals surface area contributed by atoms with Crippen molar-refractivity contribution in [1.29, 1.82) is 0 Å². The molecule has 0 saturated heterocycles.